The molecule has 3 rings (SSSR count). The second-order valence-corrected chi connectivity index (χ2v) is 7.18. The third-order valence-electron chi connectivity index (χ3n) is 3.90. The Bertz CT molecular complexity index is 974. The Morgan fingerprint density at radius 1 is 1.04 bits per heavy atom. The van der Waals surface area contributed by atoms with Crippen molar-refractivity contribution in [2.24, 2.45) is 5.14 Å². The molecule has 1 aromatic heterocycles. The Hall–Kier alpha value is -2.44. The molecule has 0 aliphatic carbocycles. The second-order valence-electron chi connectivity index (χ2n) is 5.65. The molecule has 2 N–H and O–H groups in total. The van der Waals surface area contributed by atoms with Crippen LogP contribution in [0.3, 0.4) is 0 Å². The summed E-state index contributed by atoms with van der Waals surface area (Å²) in [5.74, 6) is 0. The van der Waals surface area contributed by atoms with Crippen LogP contribution in [-0.4, -0.2) is 18.2 Å². The van der Waals surface area contributed by atoms with Gasteiger partial charge in [-0.05, 0) is 25.5 Å². The smallest absolute Gasteiger partial charge is 0.238 e. The molecule has 0 saturated carbocycles. The maximum atomic E-state index is 11.9. The molecule has 2 aromatic carbocycles. The lowest BCUT2D eigenvalue weighted by Gasteiger charge is -2.08. The van der Waals surface area contributed by atoms with Crippen molar-refractivity contribution in [2.75, 3.05) is 0 Å². The van der Waals surface area contributed by atoms with E-state index in [0.717, 1.165) is 16.7 Å². The van der Waals surface area contributed by atoms with Crippen molar-refractivity contribution in [2.45, 2.75) is 25.3 Å². The number of nitrogens with zero attached hydrogens (tertiary/aromatic N) is 2. The van der Waals surface area contributed by atoms with E-state index in [1.54, 1.807) is 22.9 Å². The Kier molecular flexibility index (Phi) is 4.26. The first-order valence-electron chi connectivity index (χ1n) is 7.67. The third-order valence-corrected chi connectivity index (χ3v) is 4.87. The monoisotopic (exact) mass is 341 g/mol. The lowest BCUT2D eigenvalue weighted by Crippen LogP contribution is -2.13. The minimum absolute atomic E-state index is 0.0831. The van der Waals surface area contributed by atoms with Gasteiger partial charge in [0.25, 0.3) is 0 Å². The number of benzene rings is 2. The van der Waals surface area contributed by atoms with Crippen LogP contribution >= 0.6 is 0 Å². The highest BCUT2D eigenvalue weighted by Gasteiger charge is 2.20. The average Bonchev–Trinajstić information content (AvgIpc) is 2.99. The molecule has 0 amide bonds. The van der Waals surface area contributed by atoms with Crippen molar-refractivity contribution in [3.05, 3.63) is 60.3 Å². The number of hydrogen-bond acceptors (Lipinski definition) is 3. The van der Waals surface area contributed by atoms with Gasteiger partial charge in [-0.3, -0.25) is 4.68 Å². The second kappa shape index (κ2) is 6.22. The predicted molar refractivity (Wildman–Crippen MR) is 94.9 cm³/mol. The van der Waals surface area contributed by atoms with Crippen LogP contribution in [0.5, 0.6) is 0 Å². The molecule has 0 unspecified atom stereocenters. The van der Waals surface area contributed by atoms with Crippen molar-refractivity contribution in [3.8, 4) is 22.4 Å². The van der Waals surface area contributed by atoms with Gasteiger partial charge < -0.3 is 0 Å². The third kappa shape index (κ3) is 3.11. The van der Waals surface area contributed by atoms with Crippen LogP contribution in [0, 0.1) is 6.92 Å². The summed E-state index contributed by atoms with van der Waals surface area (Å²) in [5.41, 5.74) is 4.16. The fraction of sp³-hybridized carbons (Fsp3) is 0.167. The maximum absolute atomic E-state index is 11.9. The molecule has 24 heavy (non-hydrogen) atoms. The topological polar surface area (TPSA) is 78.0 Å². The van der Waals surface area contributed by atoms with Gasteiger partial charge in [-0.2, -0.15) is 5.10 Å². The molecule has 6 heteroatoms. The van der Waals surface area contributed by atoms with Gasteiger partial charge in [0, 0.05) is 23.9 Å². The first-order valence-corrected chi connectivity index (χ1v) is 9.21. The first kappa shape index (κ1) is 16.4. The van der Waals surface area contributed by atoms with Gasteiger partial charge in [0.2, 0.25) is 10.0 Å². The average molecular weight is 341 g/mol. The number of sulfonamides is 1. The number of rotatable bonds is 4. The number of hydrogen-bond donors (Lipinski definition) is 1. The number of primary sulfonamides is 1. The molecule has 0 atom stereocenters. The lowest BCUT2D eigenvalue weighted by atomic mass is 10.0. The lowest BCUT2D eigenvalue weighted by molar-refractivity contribution is 0.598. The molecule has 1 heterocycles. The van der Waals surface area contributed by atoms with E-state index in [-0.39, 0.29) is 4.90 Å². The molecule has 0 radical (unpaired) electrons. The minimum atomic E-state index is -3.83. The molecule has 0 fully saturated rings. The number of aromatic nitrogens is 2. The van der Waals surface area contributed by atoms with Gasteiger partial charge in [0.15, 0.2) is 0 Å². The summed E-state index contributed by atoms with van der Waals surface area (Å²) in [7, 11) is -3.83. The quantitative estimate of drug-likeness (QED) is 0.791. The zero-order valence-electron chi connectivity index (χ0n) is 13.6. The predicted octanol–water partition coefficient (Wildman–Crippen LogP) is 3.19. The van der Waals surface area contributed by atoms with Crippen LogP contribution < -0.4 is 5.14 Å². The summed E-state index contributed by atoms with van der Waals surface area (Å²) < 4.78 is 25.7. The van der Waals surface area contributed by atoms with E-state index in [4.69, 9.17) is 5.14 Å². The zero-order valence-corrected chi connectivity index (χ0v) is 14.4. The number of nitrogens with two attached hydrogens (primary N) is 1. The molecule has 0 aliphatic heterocycles. The normalized spacial score (nSPS) is 11.6. The molecule has 5 nitrogen and oxygen atoms in total. The summed E-state index contributed by atoms with van der Waals surface area (Å²) in [4.78, 5) is 0.0831. The Balaban J connectivity index is 2.26. The maximum Gasteiger partial charge on any atom is 0.238 e. The zero-order chi connectivity index (χ0) is 17.3. The van der Waals surface area contributed by atoms with Crippen molar-refractivity contribution in [3.63, 3.8) is 0 Å². The van der Waals surface area contributed by atoms with E-state index in [0.29, 0.717) is 17.8 Å². The summed E-state index contributed by atoms with van der Waals surface area (Å²) in [6.45, 7) is 4.70. The summed E-state index contributed by atoms with van der Waals surface area (Å²) in [5, 5.41) is 9.95. The SMILES string of the molecule is CCn1cc(-c2ccc(C)cc2)c(-c2ccccc2S(N)(=O)=O)n1. The van der Waals surface area contributed by atoms with Crippen LogP contribution in [0.1, 0.15) is 12.5 Å². The molecule has 3 aromatic rings. The molecular weight excluding hydrogens is 322 g/mol. The van der Waals surface area contributed by atoms with E-state index in [9.17, 15) is 8.42 Å². The highest BCUT2D eigenvalue weighted by Crippen LogP contribution is 2.34. The molecule has 0 aliphatic rings. The minimum Gasteiger partial charge on any atom is -0.272 e. The molecule has 0 bridgehead atoms. The largest absolute Gasteiger partial charge is 0.272 e. The van der Waals surface area contributed by atoms with Gasteiger partial charge in [-0.25, -0.2) is 13.6 Å². The van der Waals surface area contributed by atoms with E-state index in [2.05, 4.69) is 5.10 Å². The molecular formula is C18H19N3O2S. The van der Waals surface area contributed by atoms with Gasteiger partial charge in [-0.15, -0.1) is 0 Å². The molecule has 124 valence electrons. The van der Waals surface area contributed by atoms with Gasteiger partial charge in [0.05, 0.1) is 4.90 Å². The Morgan fingerprint density at radius 2 is 1.71 bits per heavy atom. The fourth-order valence-electron chi connectivity index (χ4n) is 2.64. The highest BCUT2D eigenvalue weighted by molar-refractivity contribution is 7.89. The van der Waals surface area contributed by atoms with Gasteiger partial charge in [-0.1, -0.05) is 48.0 Å². The van der Waals surface area contributed by atoms with E-state index in [1.807, 2.05) is 44.3 Å². The molecule has 0 spiro atoms. The van der Waals surface area contributed by atoms with Crippen molar-refractivity contribution >= 4 is 10.0 Å². The van der Waals surface area contributed by atoms with Gasteiger partial charge >= 0.3 is 0 Å². The van der Waals surface area contributed by atoms with Crippen molar-refractivity contribution in [1.82, 2.24) is 9.78 Å². The van der Waals surface area contributed by atoms with Crippen LogP contribution in [0.4, 0.5) is 0 Å². The van der Waals surface area contributed by atoms with Gasteiger partial charge in [0.1, 0.15) is 5.69 Å². The van der Waals surface area contributed by atoms with Crippen molar-refractivity contribution < 1.29 is 8.42 Å². The summed E-state index contributed by atoms with van der Waals surface area (Å²) in [6.07, 6.45) is 1.93. The standard InChI is InChI=1S/C18H19N3O2S/c1-3-21-12-16(14-10-8-13(2)9-11-14)18(20-21)15-6-4-5-7-17(15)24(19,22)23/h4-12H,3H2,1-2H3,(H2,19,22,23). The number of aryl methyl sites for hydroxylation is 2. The Morgan fingerprint density at radius 3 is 2.33 bits per heavy atom. The van der Waals surface area contributed by atoms with E-state index >= 15 is 0 Å². The highest BCUT2D eigenvalue weighted by atomic mass is 32.2. The van der Waals surface area contributed by atoms with Crippen molar-refractivity contribution in [1.29, 1.82) is 0 Å². The van der Waals surface area contributed by atoms with Crippen LogP contribution in [0.15, 0.2) is 59.6 Å². The van der Waals surface area contributed by atoms with E-state index in [1.165, 1.54) is 6.07 Å². The summed E-state index contributed by atoms with van der Waals surface area (Å²) in [6, 6.07) is 14.8. The Labute approximate surface area is 141 Å². The fourth-order valence-corrected chi connectivity index (χ4v) is 3.38. The molecule has 0 saturated heterocycles. The van der Waals surface area contributed by atoms with E-state index < -0.39 is 10.0 Å². The first-order chi connectivity index (χ1) is 11.4. The summed E-state index contributed by atoms with van der Waals surface area (Å²) >= 11 is 0. The van der Waals surface area contributed by atoms with Crippen LogP contribution in [-0.2, 0) is 16.6 Å². The van der Waals surface area contributed by atoms with Crippen LogP contribution in [0.25, 0.3) is 22.4 Å². The van der Waals surface area contributed by atoms with Crippen LogP contribution in [0.2, 0.25) is 0 Å².